The summed E-state index contributed by atoms with van der Waals surface area (Å²) in [6.07, 6.45) is 0.810. The third-order valence-electron chi connectivity index (χ3n) is 5.62. The zero-order valence-corrected chi connectivity index (χ0v) is 19.4. The Morgan fingerprint density at radius 1 is 0.912 bits per heavy atom. The van der Waals surface area contributed by atoms with E-state index in [1.165, 1.54) is 0 Å². The van der Waals surface area contributed by atoms with Crippen LogP contribution in [0.5, 0.6) is 5.75 Å². The van der Waals surface area contributed by atoms with Gasteiger partial charge in [-0.2, -0.15) is 0 Å². The van der Waals surface area contributed by atoms with Crippen LogP contribution in [0.3, 0.4) is 0 Å². The summed E-state index contributed by atoms with van der Waals surface area (Å²) in [5.74, 6) is 1.44. The summed E-state index contributed by atoms with van der Waals surface area (Å²) >= 11 is 0. The Morgan fingerprint density at radius 2 is 1.68 bits per heavy atom. The van der Waals surface area contributed by atoms with Crippen LogP contribution < -0.4 is 4.74 Å². The molecule has 0 unspecified atom stereocenters. The third-order valence-corrected chi connectivity index (χ3v) is 5.62. The van der Waals surface area contributed by atoms with Crippen molar-refractivity contribution in [2.75, 3.05) is 0 Å². The number of hydrogen-bond acceptors (Lipinski definition) is 6. The van der Waals surface area contributed by atoms with E-state index in [9.17, 15) is 5.11 Å². The molecule has 0 aliphatic rings. The first-order valence-electron chi connectivity index (χ1n) is 10.8. The Balaban J connectivity index is 0.00000274. The van der Waals surface area contributed by atoms with Crippen molar-refractivity contribution in [2.45, 2.75) is 26.6 Å². The van der Waals surface area contributed by atoms with Crippen molar-refractivity contribution in [3.63, 3.8) is 0 Å². The van der Waals surface area contributed by atoms with E-state index in [0.29, 0.717) is 12.4 Å². The Morgan fingerprint density at radius 3 is 2.38 bits per heavy atom. The van der Waals surface area contributed by atoms with Crippen LogP contribution in [0, 0.1) is 0 Å². The molecule has 8 heteroatoms. The number of aromatic amines is 1. The maximum absolute atomic E-state index is 9.45. The zero-order chi connectivity index (χ0) is 22.6. The lowest BCUT2D eigenvalue weighted by Gasteiger charge is -2.13. The first-order valence-corrected chi connectivity index (χ1v) is 10.8. The second kappa shape index (κ2) is 10.4. The number of aromatic nitrogens is 5. The van der Waals surface area contributed by atoms with Crippen LogP contribution in [-0.4, -0.2) is 30.7 Å². The van der Waals surface area contributed by atoms with Gasteiger partial charge in [-0.25, -0.2) is 5.10 Å². The first kappa shape index (κ1) is 23.4. The minimum atomic E-state index is -0.00735. The number of aryl methyl sites for hydroxylation is 1. The number of fused-ring (bicyclic) bond motifs is 1. The van der Waals surface area contributed by atoms with Crippen molar-refractivity contribution >= 4 is 23.3 Å². The summed E-state index contributed by atoms with van der Waals surface area (Å²) < 4.78 is 6.22. The topological polar surface area (TPSA) is 96.8 Å². The van der Waals surface area contributed by atoms with Gasteiger partial charge in [-0.3, -0.25) is 4.98 Å². The number of H-pyrrole nitrogens is 1. The van der Waals surface area contributed by atoms with Crippen LogP contribution in [0.1, 0.15) is 23.7 Å². The molecule has 2 aromatic heterocycles. The van der Waals surface area contributed by atoms with Gasteiger partial charge in [0.15, 0.2) is 5.82 Å². The van der Waals surface area contributed by atoms with Crippen LogP contribution in [0.15, 0.2) is 72.8 Å². The number of aliphatic hydroxyl groups excluding tert-OH is 1. The van der Waals surface area contributed by atoms with Gasteiger partial charge < -0.3 is 9.84 Å². The maximum Gasteiger partial charge on any atom is 0.180 e. The van der Waals surface area contributed by atoms with E-state index in [-0.39, 0.29) is 19.0 Å². The van der Waals surface area contributed by atoms with Crippen molar-refractivity contribution in [2.24, 2.45) is 0 Å². The molecule has 0 saturated carbocycles. The molecule has 172 valence electrons. The first-order chi connectivity index (χ1) is 16.2. The average molecular weight is 474 g/mol. The van der Waals surface area contributed by atoms with Gasteiger partial charge in [0.2, 0.25) is 0 Å². The summed E-state index contributed by atoms with van der Waals surface area (Å²) in [5.41, 5.74) is 6.77. The lowest BCUT2D eigenvalue weighted by molar-refractivity contribution is 0.282. The molecule has 0 atom stereocenters. The SMILES string of the molecule is CCc1cc(OCc2ccc(-c3ccccc3-c3nnn[nH]3)cc2)c2ccc(CO)cc2n1.Cl. The van der Waals surface area contributed by atoms with Crippen molar-refractivity contribution in [3.8, 4) is 28.3 Å². The van der Waals surface area contributed by atoms with Gasteiger partial charge in [0, 0.05) is 22.7 Å². The van der Waals surface area contributed by atoms with E-state index in [4.69, 9.17) is 4.74 Å². The molecule has 2 heterocycles. The molecule has 0 bridgehead atoms. The van der Waals surface area contributed by atoms with Crippen LogP contribution in [0.25, 0.3) is 33.4 Å². The lowest BCUT2D eigenvalue weighted by Crippen LogP contribution is -1.99. The highest BCUT2D eigenvalue weighted by molar-refractivity contribution is 5.86. The smallest absolute Gasteiger partial charge is 0.180 e. The molecule has 0 aliphatic carbocycles. The van der Waals surface area contributed by atoms with Crippen molar-refractivity contribution in [3.05, 3.63) is 89.6 Å². The fourth-order valence-corrected chi connectivity index (χ4v) is 3.85. The summed E-state index contributed by atoms with van der Waals surface area (Å²) in [6.45, 7) is 2.50. The van der Waals surface area contributed by atoms with Gasteiger partial charge in [0.25, 0.3) is 0 Å². The standard InChI is InChI=1S/C26H23N5O2.ClH/c1-2-20-14-25(23-12-9-18(15-32)13-24(23)27-20)33-16-17-7-10-19(11-8-17)21-5-3-4-6-22(21)26-28-30-31-29-26;/h3-14,32H,2,15-16H2,1H3,(H,28,29,30,31);1H. The molecule has 0 spiro atoms. The Bertz CT molecular complexity index is 1380. The number of nitrogens with zero attached hydrogens (tertiary/aromatic N) is 4. The third kappa shape index (κ3) is 4.76. The number of ether oxygens (including phenoxy) is 1. The molecule has 5 rings (SSSR count). The van der Waals surface area contributed by atoms with Crippen LogP contribution in [0.2, 0.25) is 0 Å². The Hall–Kier alpha value is -3.81. The minimum Gasteiger partial charge on any atom is -0.488 e. The second-order valence-electron chi connectivity index (χ2n) is 7.76. The van der Waals surface area contributed by atoms with Crippen LogP contribution >= 0.6 is 12.4 Å². The van der Waals surface area contributed by atoms with Gasteiger partial charge in [0.1, 0.15) is 12.4 Å². The zero-order valence-electron chi connectivity index (χ0n) is 18.6. The average Bonchev–Trinajstić information content (AvgIpc) is 3.42. The molecule has 3 aromatic carbocycles. The van der Waals surface area contributed by atoms with Gasteiger partial charge in [-0.1, -0.05) is 61.5 Å². The molecule has 34 heavy (non-hydrogen) atoms. The molecule has 7 nitrogen and oxygen atoms in total. The van der Waals surface area contributed by atoms with E-state index in [0.717, 1.165) is 56.6 Å². The number of hydrogen-bond donors (Lipinski definition) is 2. The van der Waals surface area contributed by atoms with E-state index in [2.05, 4.69) is 62.9 Å². The fourth-order valence-electron chi connectivity index (χ4n) is 3.85. The molecule has 0 aliphatic heterocycles. The van der Waals surface area contributed by atoms with Crippen molar-refractivity contribution in [1.82, 2.24) is 25.6 Å². The minimum absolute atomic E-state index is 0. The highest BCUT2D eigenvalue weighted by Crippen LogP contribution is 2.31. The maximum atomic E-state index is 9.45. The molecule has 0 radical (unpaired) electrons. The fraction of sp³-hybridized carbons (Fsp3) is 0.154. The highest BCUT2D eigenvalue weighted by atomic mass is 35.5. The van der Waals surface area contributed by atoms with Gasteiger partial charge >= 0.3 is 0 Å². The molecular formula is C26H24ClN5O2. The number of tetrazole rings is 1. The number of nitrogens with one attached hydrogen (secondary N) is 1. The molecule has 0 amide bonds. The molecular weight excluding hydrogens is 450 g/mol. The number of halogens is 1. The predicted octanol–water partition coefficient (Wildman–Crippen LogP) is 5.14. The molecule has 0 fully saturated rings. The Kier molecular flexibility index (Phi) is 7.15. The number of pyridine rings is 1. The molecule has 2 N–H and O–H groups in total. The number of aliphatic hydroxyl groups is 1. The monoisotopic (exact) mass is 473 g/mol. The van der Waals surface area contributed by atoms with E-state index < -0.39 is 0 Å². The van der Waals surface area contributed by atoms with E-state index in [1.54, 1.807) is 0 Å². The number of benzene rings is 3. The number of rotatable bonds is 7. The molecule has 0 saturated heterocycles. The predicted molar refractivity (Wildman–Crippen MR) is 134 cm³/mol. The van der Waals surface area contributed by atoms with Gasteiger partial charge in [0.05, 0.1) is 12.1 Å². The highest BCUT2D eigenvalue weighted by Gasteiger charge is 2.11. The van der Waals surface area contributed by atoms with Crippen molar-refractivity contribution < 1.29 is 9.84 Å². The van der Waals surface area contributed by atoms with Crippen molar-refractivity contribution in [1.29, 1.82) is 0 Å². The van der Waals surface area contributed by atoms with Crippen LogP contribution in [0.4, 0.5) is 0 Å². The Labute approximate surface area is 203 Å². The van der Waals surface area contributed by atoms with Gasteiger partial charge in [-0.05, 0) is 51.2 Å². The van der Waals surface area contributed by atoms with E-state index in [1.807, 2.05) is 42.5 Å². The molecule has 5 aromatic rings. The quantitative estimate of drug-likeness (QED) is 0.340. The summed E-state index contributed by atoms with van der Waals surface area (Å²) in [5, 5.41) is 24.7. The normalized spacial score (nSPS) is 10.8. The largest absolute Gasteiger partial charge is 0.488 e. The van der Waals surface area contributed by atoms with Crippen LogP contribution in [-0.2, 0) is 19.6 Å². The summed E-state index contributed by atoms with van der Waals surface area (Å²) in [4.78, 5) is 4.68. The van der Waals surface area contributed by atoms with E-state index >= 15 is 0 Å². The van der Waals surface area contributed by atoms with Gasteiger partial charge in [-0.15, -0.1) is 17.5 Å². The summed E-state index contributed by atoms with van der Waals surface area (Å²) in [7, 11) is 0. The second-order valence-corrected chi connectivity index (χ2v) is 7.76. The lowest BCUT2D eigenvalue weighted by atomic mass is 9.98. The summed E-state index contributed by atoms with van der Waals surface area (Å²) in [6, 6.07) is 24.1.